The van der Waals surface area contributed by atoms with E-state index >= 15 is 0 Å². The van der Waals surface area contributed by atoms with Gasteiger partial charge < -0.3 is 30.4 Å². The molecule has 0 bridgehead atoms. The van der Waals surface area contributed by atoms with Crippen molar-refractivity contribution in [2.45, 2.75) is 37.9 Å². The molecule has 1 amide bonds. The molecule has 0 radical (unpaired) electrons. The summed E-state index contributed by atoms with van der Waals surface area (Å²) in [6.07, 6.45) is 3.64. The van der Waals surface area contributed by atoms with Crippen LogP contribution in [0.15, 0.2) is 12.1 Å². The summed E-state index contributed by atoms with van der Waals surface area (Å²) in [6, 6.07) is 3.30. The Kier molecular flexibility index (Phi) is 6.42. The quantitative estimate of drug-likeness (QED) is 0.628. The number of aliphatic hydroxyl groups is 1. The van der Waals surface area contributed by atoms with E-state index in [9.17, 15) is 9.90 Å². The zero-order chi connectivity index (χ0) is 20.2. The van der Waals surface area contributed by atoms with Crippen molar-refractivity contribution in [1.29, 1.82) is 0 Å². The third kappa shape index (κ3) is 4.94. The lowest BCUT2D eigenvalue weighted by Crippen LogP contribution is -2.49. The van der Waals surface area contributed by atoms with Gasteiger partial charge in [0.25, 0.3) is 5.91 Å². The van der Waals surface area contributed by atoms with E-state index in [0.717, 1.165) is 45.4 Å². The van der Waals surface area contributed by atoms with Crippen molar-refractivity contribution in [3.63, 3.8) is 0 Å². The Bertz CT molecular complexity index is 723. The first-order valence-electron chi connectivity index (χ1n) is 10.6. The van der Waals surface area contributed by atoms with Gasteiger partial charge in [0.15, 0.2) is 11.5 Å². The molecule has 3 aliphatic rings. The largest absolute Gasteiger partial charge is 0.489 e. The second kappa shape index (κ2) is 9.19. The summed E-state index contributed by atoms with van der Waals surface area (Å²) in [5.41, 5.74) is 6.79. The highest BCUT2D eigenvalue weighted by molar-refractivity contribution is 5.98. The molecule has 3 aliphatic heterocycles. The van der Waals surface area contributed by atoms with E-state index in [2.05, 4.69) is 10.2 Å². The molecule has 3 heterocycles. The van der Waals surface area contributed by atoms with Gasteiger partial charge in [0.1, 0.15) is 0 Å². The molecule has 160 valence electrons. The van der Waals surface area contributed by atoms with E-state index in [1.54, 1.807) is 12.1 Å². The average Bonchev–Trinajstić information content (AvgIpc) is 3.09. The molecule has 0 spiro atoms. The number of benzene rings is 1. The van der Waals surface area contributed by atoms with Gasteiger partial charge in [-0.15, -0.1) is 0 Å². The summed E-state index contributed by atoms with van der Waals surface area (Å²) in [6.45, 7) is 4.69. The van der Waals surface area contributed by atoms with Gasteiger partial charge in [-0.25, -0.2) is 0 Å². The second-order valence-electron chi connectivity index (χ2n) is 8.17. The van der Waals surface area contributed by atoms with Crippen LogP contribution in [0.5, 0.6) is 11.5 Å². The molecular weight excluding hydrogens is 374 g/mol. The molecule has 1 aromatic rings. The average molecular weight is 405 g/mol. The minimum Gasteiger partial charge on any atom is -0.489 e. The second-order valence-corrected chi connectivity index (χ2v) is 8.17. The van der Waals surface area contributed by atoms with Gasteiger partial charge >= 0.3 is 0 Å². The molecule has 2 unspecified atom stereocenters. The van der Waals surface area contributed by atoms with Gasteiger partial charge in [-0.3, -0.25) is 9.69 Å². The Morgan fingerprint density at radius 1 is 1.21 bits per heavy atom. The summed E-state index contributed by atoms with van der Waals surface area (Å²) in [5, 5.41) is 13.5. The van der Waals surface area contributed by atoms with Crippen LogP contribution in [0.1, 0.15) is 36.0 Å². The number of amides is 1. The van der Waals surface area contributed by atoms with Gasteiger partial charge in [-0.1, -0.05) is 0 Å². The van der Waals surface area contributed by atoms with Crippen molar-refractivity contribution in [1.82, 2.24) is 10.2 Å². The number of nitrogen functional groups attached to an aromatic ring is 1. The lowest BCUT2D eigenvalue weighted by molar-refractivity contribution is -0.00191. The monoisotopic (exact) mass is 405 g/mol. The van der Waals surface area contributed by atoms with Crippen LogP contribution in [0.4, 0.5) is 5.69 Å². The molecule has 2 saturated heterocycles. The maximum absolute atomic E-state index is 12.8. The molecule has 3 atom stereocenters. The first-order valence-corrected chi connectivity index (χ1v) is 10.6. The van der Waals surface area contributed by atoms with Crippen molar-refractivity contribution in [2.75, 3.05) is 51.7 Å². The molecule has 29 heavy (non-hydrogen) atoms. The normalized spacial score (nSPS) is 27.4. The number of nitrogens with one attached hydrogen (secondary N) is 1. The number of carbonyl (C=O) groups excluding carboxylic acids is 1. The number of rotatable bonds is 5. The summed E-state index contributed by atoms with van der Waals surface area (Å²) in [7, 11) is 0. The zero-order valence-electron chi connectivity index (χ0n) is 16.8. The van der Waals surface area contributed by atoms with E-state index in [0.29, 0.717) is 55.2 Å². The number of anilines is 1. The van der Waals surface area contributed by atoms with Crippen LogP contribution in [0.3, 0.4) is 0 Å². The van der Waals surface area contributed by atoms with E-state index in [1.807, 2.05) is 0 Å². The van der Waals surface area contributed by atoms with Gasteiger partial charge in [0, 0.05) is 50.3 Å². The third-order valence-electron chi connectivity index (χ3n) is 5.93. The predicted octanol–water partition coefficient (Wildman–Crippen LogP) is 1.02. The van der Waals surface area contributed by atoms with Crippen LogP contribution in [0.2, 0.25) is 0 Å². The van der Waals surface area contributed by atoms with Crippen LogP contribution in [-0.2, 0) is 4.74 Å². The molecule has 4 rings (SSSR count). The minimum atomic E-state index is -0.469. The number of nitrogens with two attached hydrogens (primary N) is 1. The summed E-state index contributed by atoms with van der Waals surface area (Å²) >= 11 is 0. The number of aliphatic hydroxyl groups excluding tert-OH is 1. The molecule has 8 heteroatoms. The fourth-order valence-corrected chi connectivity index (χ4v) is 4.31. The lowest BCUT2D eigenvalue weighted by atomic mass is 9.93. The summed E-state index contributed by atoms with van der Waals surface area (Å²) in [5.74, 6) is 0.723. The Morgan fingerprint density at radius 3 is 2.86 bits per heavy atom. The van der Waals surface area contributed by atoms with Crippen LogP contribution in [0.25, 0.3) is 0 Å². The smallest absolute Gasteiger partial charge is 0.255 e. The van der Waals surface area contributed by atoms with Crippen molar-refractivity contribution < 1.29 is 24.1 Å². The number of likely N-dealkylation sites (tertiary alicyclic amines) is 1. The van der Waals surface area contributed by atoms with Gasteiger partial charge in [-0.2, -0.15) is 0 Å². The minimum absolute atomic E-state index is 0.0246. The number of ether oxygens (including phenoxy) is 3. The Morgan fingerprint density at radius 2 is 2.07 bits per heavy atom. The molecule has 0 aliphatic carbocycles. The fourth-order valence-electron chi connectivity index (χ4n) is 4.31. The number of piperidine rings is 1. The van der Waals surface area contributed by atoms with E-state index in [-0.39, 0.29) is 11.8 Å². The van der Waals surface area contributed by atoms with Gasteiger partial charge in [0.2, 0.25) is 0 Å². The summed E-state index contributed by atoms with van der Waals surface area (Å²) < 4.78 is 17.1. The zero-order valence-corrected chi connectivity index (χ0v) is 16.8. The number of fused-ring (bicyclic) bond motifs is 1. The molecule has 8 nitrogen and oxygen atoms in total. The SMILES string of the molecule is Nc1cc2c(c(C(=O)NC[C@@H]3CCN(CC4CCCO4)CC3O)c1)OCCCO2. The fraction of sp³-hybridized carbons (Fsp3) is 0.667. The Labute approximate surface area is 171 Å². The number of hydrogen-bond donors (Lipinski definition) is 3. The summed E-state index contributed by atoms with van der Waals surface area (Å²) in [4.78, 5) is 15.1. The maximum atomic E-state index is 12.8. The first kappa shape index (κ1) is 20.3. The van der Waals surface area contributed by atoms with Gasteiger partial charge in [0.05, 0.1) is 31.0 Å². The van der Waals surface area contributed by atoms with Gasteiger partial charge in [-0.05, 0) is 31.9 Å². The first-order chi connectivity index (χ1) is 14.1. The Balaban J connectivity index is 1.32. The molecule has 0 aromatic heterocycles. The maximum Gasteiger partial charge on any atom is 0.255 e. The third-order valence-corrected chi connectivity index (χ3v) is 5.93. The molecule has 4 N–H and O–H groups in total. The van der Waals surface area contributed by atoms with E-state index in [4.69, 9.17) is 19.9 Å². The molecule has 1 aromatic carbocycles. The highest BCUT2D eigenvalue weighted by Crippen LogP contribution is 2.35. The number of β-amino-alcohol motifs (C(OH)–C–C–N with tert-alkyl or cyclic N) is 1. The number of hydrogen-bond acceptors (Lipinski definition) is 7. The predicted molar refractivity (Wildman–Crippen MR) is 108 cm³/mol. The van der Waals surface area contributed by atoms with Crippen molar-refractivity contribution >= 4 is 11.6 Å². The van der Waals surface area contributed by atoms with Crippen LogP contribution in [-0.4, -0.2) is 74.1 Å². The Hall–Kier alpha value is -2.03. The van der Waals surface area contributed by atoms with Crippen LogP contribution < -0.4 is 20.5 Å². The van der Waals surface area contributed by atoms with Crippen LogP contribution in [0, 0.1) is 5.92 Å². The number of nitrogens with zero attached hydrogens (tertiary/aromatic N) is 1. The topological polar surface area (TPSA) is 106 Å². The highest BCUT2D eigenvalue weighted by atomic mass is 16.5. The standard InChI is InChI=1S/C21H31N3O5/c22-15-9-17(20-19(10-15)28-7-2-8-29-20)21(26)23-11-14-4-5-24(13-18(14)25)12-16-3-1-6-27-16/h9-10,14,16,18,25H,1-8,11-13,22H2,(H,23,26)/t14-,16?,18?/m0/s1. The highest BCUT2D eigenvalue weighted by Gasteiger charge is 2.30. The number of carbonyl (C=O) groups is 1. The molecular formula is C21H31N3O5. The van der Waals surface area contributed by atoms with E-state index in [1.165, 1.54) is 0 Å². The van der Waals surface area contributed by atoms with Crippen LogP contribution >= 0.6 is 0 Å². The van der Waals surface area contributed by atoms with Crippen molar-refractivity contribution in [3.8, 4) is 11.5 Å². The molecule has 2 fully saturated rings. The van der Waals surface area contributed by atoms with E-state index < -0.39 is 6.10 Å². The van der Waals surface area contributed by atoms with Crippen molar-refractivity contribution in [3.05, 3.63) is 17.7 Å². The molecule has 0 saturated carbocycles. The van der Waals surface area contributed by atoms with Crippen molar-refractivity contribution in [2.24, 2.45) is 5.92 Å². The lowest BCUT2D eigenvalue weighted by Gasteiger charge is -2.37.